The van der Waals surface area contributed by atoms with E-state index in [2.05, 4.69) is 13.8 Å². The molecule has 1 aliphatic heterocycles. The fraction of sp³-hybridized carbons (Fsp3) is 0.955. The molecule has 0 aromatic carbocycles. The van der Waals surface area contributed by atoms with Gasteiger partial charge in [-0.15, -0.1) is 0 Å². The summed E-state index contributed by atoms with van der Waals surface area (Å²) < 4.78 is 10.8. The molecular weight excluding hydrogens is 312 g/mol. The van der Waals surface area contributed by atoms with Crippen LogP contribution in [-0.2, 0) is 14.3 Å². The Morgan fingerprint density at radius 2 is 1.24 bits per heavy atom. The SMILES string of the molecule is CCCCCCCCCCCCCCC1OC1CC(=O)OCCCC. The van der Waals surface area contributed by atoms with Gasteiger partial charge in [0.2, 0.25) is 0 Å². The molecule has 1 saturated heterocycles. The minimum absolute atomic E-state index is 0.0874. The third kappa shape index (κ3) is 13.3. The predicted octanol–water partition coefficient (Wildman–Crippen LogP) is 6.58. The number of esters is 1. The summed E-state index contributed by atoms with van der Waals surface area (Å²) in [4.78, 5) is 11.6. The highest BCUT2D eigenvalue weighted by Crippen LogP contribution is 2.30. The van der Waals surface area contributed by atoms with Crippen LogP contribution in [0.25, 0.3) is 0 Å². The van der Waals surface area contributed by atoms with Gasteiger partial charge in [0.05, 0.1) is 25.2 Å². The molecule has 3 nitrogen and oxygen atoms in total. The number of carbonyl (C=O) groups excluding carboxylic acids is 1. The van der Waals surface area contributed by atoms with Gasteiger partial charge in [-0.2, -0.15) is 0 Å². The van der Waals surface area contributed by atoms with E-state index in [-0.39, 0.29) is 12.1 Å². The number of hydrogen-bond acceptors (Lipinski definition) is 3. The zero-order chi connectivity index (χ0) is 18.2. The Morgan fingerprint density at radius 1 is 0.720 bits per heavy atom. The first-order valence-electron chi connectivity index (χ1n) is 11.1. The summed E-state index contributed by atoms with van der Waals surface area (Å²) >= 11 is 0. The Kier molecular flexibility index (Phi) is 14.1. The molecular formula is C22H42O3. The lowest BCUT2D eigenvalue weighted by molar-refractivity contribution is -0.144. The van der Waals surface area contributed by atoms with Gasteiger partial charge in [-0.3, -0.25) is 4.79 Å². The van der Waals surface area contributed by atoms with E-state index < -0.39 is 0 Å². The largest absolute Gasteiger partial charge is 0.466 e. The van der Waals surface area contributed by atoms with E-state index in [9.17, 15) is 4.79 Å². The zero-order valence-electron chi connectivity index (χ0n) is 16.9. The van der Waals surface area contributed by atoms with Crippen LogP contribution in [0.2, 0.25) is 0 Å². The van der Waals surface area contributed by atoms with Gasteiger partial charge in [0.1, 0.15) is 0 Å². The van der Waals surface area contributed by atoms with Crippen molar-refractivity contribution in [1.82, 2.24) is 0 Å². The summed E-state index contributed by atoms with van der Waals surface area (Å²) in [7, 11) is 0. The van der Waals surface area contributed by atoms with Gasteiger partial charge >= 0.3 is 5.97 Å². The van der Waals surface area contributed by atoms with Crippen LogP contribution >= 0.6 is 0 Å². The van der Waals surface area contributed by atoms with Gasteiger partial charge in [0, 0.05) is 0 Å². The number of hydrogen-bond donors (Lipinski definition) is 0. The van der Waals surface area contributed by atoms with Crippen molar-refractivity contribution < 1.29 is 14.3 Å². The van der Waals surface area contributed by atoms with Gasteiger partial charge in [-0.1, -0.05) is 97.3 Å². The van der Waals surface area contributed by atoms with Crippen LogP contribution < -0.4 is 0 Å². The van der Waals surface area contributed by atoms with Crippen molar-refractivity contribution in [3.63, 3.8) is 0 Å². The Balaban J connectivity index is 1.77. The Labute approximate surface area is 156 Å². The second kappa shape index (κ2) is 15.7. The first-order chi connectivity index (χ1) is 12.3. The molecule has 1 fully saturated rings. The maximum Gasteiger partial charge on any atom is 0.308 e. The van der Waals surface area contributed by atoms with E-state index in [1.165, 1.54) is 77.0 Å². The monoisotopic (exact) mass is 354 g/mol. The average molecular weight is 355 g/mol. The Bertz CT molecular complexity index is 316. The van der Waals surface area contributed by atoms with Crippen LogP contribution in [0.3, 0.4) is 0 Å². The molecule has 0 amide bonds. The standard InChI is InChI=1S/C22H42O3/c1-3-5-7-8-9-10-11-12-13-14-15-16-17-20-21(25-20)19-22(23)24-18-6-4-2/h20-21H,3-19H2,1-2H3. The Hall–Kier alpha value is -0.570. The molecule has 0 saturated carbocycles. The lowest BCUT2D eigenvalue weighted by atomic mass is 10.0. The summed E-state index contributed by atoms with van der Waals surface area (Å²) in [5.74, 6) is -0.0874. The molecule has 0 radical (unpaired) electrons. The molecule has 0 spiro atoms. The summed E-state index contributed by atoms with van der Waals surface area (Å²) in [5.41, 5.74) is 0. The maximum atomic E-state index is 11.6. The van der Waals surface area contributed by atoms with Crippen LogP contribution in [0.5, 0.6) is 0 Å². The van der Waals surface area contributed by atoms with Crippen molar-refractivity contribution in [1.29, 1.82) is 0 Å². The van der Waals surface area contributed by atoms with Crippen molar-refractivity contribution in [2.75, 3.05) is 6.61 Å². The summed E-state index contributed by atoms with van der Waals surface area (Å²) in [5, 5.41) is 0. The lowest BCUT2D eigenvalue weighted by Gasteiger charge is -2.03. The third-order valence-electron chi connectivity index (χ3n) is 5.16. The highest BCUT2D eigenvalue weighted by molar-refractivity contribution is 5.70. The minimum atomic E-state index is -0.0874. The van der Waals surface area contributed by atoms with E-state index >= 15 is 0 Å². The van der Waals surface area contributed by atoms with Crippen LogP contribution in [0, 0.1) is 0 Å². The fourth-order valence-electron chi connectivity index (χ4n) is 3.35. The number of unbranched alkanes of at least 4 members (excludes halogenated alkanes) is 12. The lowest BCUT2D eigenvalue weighted by Crippen LogP contribution is -2.10. The molecule has 148 valence electrons. The summed E-state index contributed by atoms with van der Waals surface area (Å²) in [6.45, 7) is 4.94. The molecule has 1 rings (SSSR count). The van der Waals surface area contributed by atoms with Crippen molar-refractivity contribution in [2.24, 2.45) is 0 Å². The third-order valence-corrected chi connectivity index (χ3v) is 5.16. The number of ether oxygens (including phenoxy) is 2. The quantitative estimate of drug-likeness (QED) is 0.158. The highest BCUT2D eigenvalue weighted by Gasteiger charge is 2.39. The van der Waals surface area contributed by atoms with Gasteiger partial charge < -0.3 is 9.47 Å². The molecule has 3 heteroatoms. The molecule has 0 aliphatic carbocycles. The van der Waals surface area contributed by atoms with E-state index in [1.807, 2.05) is 0 Å². The van der Waals surface area contributed by atoms with E-state index in [0.717, 1.165) is 19.3 Å². The zero-order valence-corrected chi connectivity index (χ0v) is 16.9. The number of epoxide rings is 1. The van der Waals surface area contributed by atoms with Crippen LogP contribution in [0.4, 0.5) is 0 Å². The van der Waals surface area contributed by atoms with Crippen molar-refractivity contribution in [3.8, 4) is 0 Å². The van der Waals surface area contributed by atoms with Gasteiger partial charge in [-0.05, 0) is 12.8 Å². The van der Waals surface area contributed by atoms with Crippen molar-refractivity contribution >= 4 is 5.97 Å². The fourth-order valence-corrected chi connectivity index (χ4v) is 3.35. The topological polar surface area (TPSA) is 38.8 Å². The van der Waals surface area contributed by atoms with Crippen LogP contribution in [-0.4, -0.2) is 24.8 Å². The summed E-state index contributed by atoms with van der Waals surface area (Å²) in [6, 6.07) is 0. The van der Waals surface area contributed by atoms with E-state index in [1.54, 1.807) is 0 Å². The van der Waals surface area contributed by atoms with Gasteiger partial charge in [0.15, 0.2) is 0 Å². The maximum absolute atomic E-state index is 11.6. The smallest absolute Gasteiger partial charge is 0.308 e. The first-order valence-corrected chi connectivity index (χ1v) is 11.1. The molecule has 0 N–H and O–H groups in total. The van der Waals surface area contributed by atoms with Gasteiger partial charge in [-0.25, -0.2) is 0 Å². The van der Waals surface area contributed by atoms with Crippen molar-refractivity contribution in [3.05, 3.63) is 0 Å². The number of carbonyl (C=O) groups is 1. The molecule has 0 bridgehead atoms. The molecule has 0 aromatic rings. The molecule has 1 heterocycles. The molecule has 25 heavy (non-hydrogen) atoms. The normalized spacial score (nSPS) is 19.1. The van der Waals surface area contributed by atoms with Crippen molar-refractivity contribution in [2.45, 2.75) is 129 Å². The Morgan fingerprint density at radius 3 is 1.80 bits per heavy atom. The molecule has 2 atom stereocenters. The molecule has 0 aromatic heterocycles. The van der Waals surface area contributed by atoms with Crippen LogP contribution in [0.1, 0.15) is 117 Å². The minimum Gasteiger partial charge on any atom is -0.466 e. The highest BCUT2D eigenvalue weighted by atomic mass is 16.6. The van der Waals surface area contributed by atoms with E-state index in [0.29, 0.717) is 19.1 Å². The second-order valence-corrected chi connectivity index (χ2v) is 7.67. The average Bonchev–Trinajstić information content (AvgIpc) is 3.33. The molecule has 1 aliphatic rings. The second-order valence-electron chi connectivity index (χ2n) is 7.67. The number of rotatable bonds is 18. The van der Waals surface area contributed by atoms with E-state index in [4.69, 9.17) is 9.47 Å². The predicted molar refractivity (Wildman–Crippen MR) is 105 cm³/mol. The molecule has 2 unspecified atom stereocenters. The van der Waals surface area contributed by atoms with Gasteiger partial charge in [0.25, 0.3) is 0 Å². The first kappa shape index (κ1) is 22.5. The summed E-state index contributed by atoms with van der Waals surface area (Å²) in [6.07, 6.45) is 20.6. The van der Waals surface area contributed by atoms with Crippen LogP contribution in [0.15, 0.2) is 0 Å².